The molecular weight excluding hydrogens is 238 g/mol. The number of rotatable bonds is 6. The largest absolute Gasteiger partial charge is 0.383 e. The molecule has 0 N–H and O–H groups in total. The molecule has 0 spiro atoms. The molecule has 0 heterocycles. The number of anilines is 1. The van der Waals surface area contributed by atoms with Crippen molar-refractivity contribution >= 4 is 11.6 Å². The van der Waals surface area contributed by atoms with E-state index in [1.54, 1.807) is 7.11 Å². The number of aryl methyl sites for hydroxylation is 2. The monoisotopic (exact) mass is 263 g/mol. The maximum Gasteiger partial charge on any atom is 0.227 e. The molecule has 0 saturated carbocycles. The van der Waals surface area contributed by atoms with E-state index in [-0.39, 0.29) is 11.9 Å². The van der Waals surface area contributed by atoms with Crippen LogP contribution in [-0.4, -0.2) is 25.7 Å². The minimum absolute atomic E-state index is 0.0452. The summed E-state index contributed by atoms with van der Waals surface area (Å²) in [6.45, 7) is 8.66. The van der Waals surface area contributed by atoms with Crippen molar-refractivity contribution in [3.8, 4) is 0 Å². The lowest BCUT2D eigenvalue weighted by atomic mass is 10.0. The second-order valence-corrected chi connectivity index (χ2v) is 4.86. The van der Waals surface area contributed by atoms with Crippen LogP contribution in [0.25, 0.3) is 0 Å². The van der Waals surface area contributed by atoms with E-state index in [0.717, 1.165) is 17.7 Å². The van der Waals surface area contributed by atoms with Gasteiger partial charge in [-0.3, -0.25) is 4.79 Å². The fourth-order valence-electron chi connectivity index (χ4n) is 2.43. The van der Waals surface area contributed by atoms with Gasteiger partial charge in [-0.05, 0) is 31.4 Å². The molecule has 1 rings (SSSR count). The molecule has 106 valence electrons. The van der Waals surface area contributed by atoms with E-state index < -0.39 is 0 Å². The van der Waals surface area contributed by atoms with Crippen LogP contribution in [0.1, 0.15) is 38.3 Å². The summed E-state index contributed by atoms with van der Waals surface area (Å²) in [6.07, 6.45) is 1.43. The second kappa shape index (κ2) is 7.29. The van der Waals surface area contributed by atoms with Gasteiger partial charge in [0, 0.05) is 13.5 Å². The average Bonchev–Trinajstić information content (AvgIpc) is 2.40. The van der Waals surface area contributed by atoms with Crippen LogP contribution >= 0.6 is 0 Å². The van der Waals surface area contributed by atoms with E-state index >= 15 is 0 Å². The summed E-state index contributed by atoms with van der Waals surface area (Å²) >= 11 is 0. The van der Waals surface area contributed by atoms with Gasteiger partial charge in [0.15, 0.2) is 0 Å². The van der Waals surface area contributed by atoms with Gasteiger partial charge < -0.3 is 9.64 Å². The Labute approximate surface area is 116 Å². The fourth-order valence-corrected chi connectivity index (χ4v) is 2.43. The van der Waals surface area contributed by atoms with Gasteiger partial charge in [-0.15, -0.1) is 0 Å². The molecule has 0 unspecified atom stereocenters. The molecule has 0 aromatic heterocycles. The van der Waals surface area contributed by atoms with E-state index in [1.807, 2.05) is 24.8 Å². The fraction of sp³-hybridized carbons (Fsp3) is 0.562. The molecule has 0 saturated heterocycles. The number of hydrogen-bond donors (Lipinski definition) is 0. The summed E-state index contributed by atoms with van der Waals surface area (Å²) in [5.74, 6) is 0.147. The summed E-state index contributed by atoms with van der Waals surface area (Å²) in [6, 6.07) is 6.25. The first-order valence-corrected chi connectivity index (χ1v) is 6.96. The Morgan fingerprint density at radius 3 is 2.58 bits per heavy atom. The molecule has 0 aliphatic rings. The van der Waals surface area contributed by atoms with Crippen molar-refractivity contribution in [3.05, 3.63) is 29.3 Å². The maximum atomic E-state index is 12.3. The van der Waals surface area contributed by atoms with Crippen molar-refractivity contribution in [2.24, 2.45) is 0 Å². The van der Waals surface area contributed by atoms with Gasteiger partial charge >= 0.3 is 0 Å². The third kappa shape index (κ3) is 3.57. The molecule has 0 fully saturated rings. The lowest BCUT2D eigenvalue weighted by molar-refractivity contribution is -0.119. The lowest BCUT2D eigenvalue weighted by Gasteiger charge is -2.32. The lowest BCUT2D eigenvalue weighted by Crippen LogP contribution is -2.42. The minimum atomic E-state index is 0.0452. The van der Waals surface area contributed by atoms with Crippen LogP contribution in [0.5, 0.6) is 0 Å². The Morgan fingerprint density at radius 1 is 1.37 bits per heavy atom. The highest BCUT2D eigenvalue weighted by molar-refractivity contribution is 5.95. The third-order valence-electron chi connectivity index (χ3n) is 3.36. The van der Waals surface area contributed by atoms with Crippen LogP contribution in [0.2, 0.25) is 0 Å². The third-order valence-corrected chi connectivity index (χ3v) is 3.36. The maximum absolute atomic E-state index is 12.3. The van der Waals surface area contributed by atoms with Crippen molar-refractivity contribution < 1.29 is 9.53 Å². The van der Waals surface area contributed by atoms with Crippen LogP contribution in [0.3, 0.4) is 0 Å². The van der Waals surface area contributed by atoms with Gasteiger partial charge in [0.1, 0.15) is 0 Å². The highest BCUT2D eigenvalue weighted by Crippen LogP contribution is 2.28. The van der Waals surface area contributed by atoms with E-state index in [9.17, 15) is 4.79 Å². The smallest absolute Gasteiger partial charge is 0.227 e. The number of carbonyl (C=O) groups is 1. The normalized spacial score (nSPS) is 12.3. The Kier molecular flexibility index (Phi) is 6.03. The minimum Gasteiger partial charge on any atom is -0.383 e. The second-order valence-electron chi connectivity index (χ2n) is 4.86. The van der Waals surface area contributed by atoms with Crippen LogP contribution in [0.15, 0.2) is 18.2 Å². The predicted octanol–water partition coefficient (Wildman–Crippen LogP) is 3.34. The zero-order valence-corrected chi connectivity index (χ0v) is 12.7. The molecule has 1 aromatic rings. The number of ether oxygens (including phenoxy) is 1. The standard InChI is InChI=1S/C16H25NO2/c1-6-14-10-8-9-12(3)16(14)17(15(18)7-2)13(4)11-19-5/h8-10,13H,6-7,11H2,1-5H3/t13-/m0/s1. The molecule has 0 radical (unpaired) electrons. The topological polar surface area (TPSA) is 29.5 Å². The van der Waals surface area contributed by atoms with Gasteiger partial charge in [0.25, 0.3) is 0 Å². The van der Waals surface area contributed by atoms with Crippen molar-refractivity contribution in [2.45, 2.75) is 46.6 Å². The van der Waals surface area contributed by atoms with Gasteiger partial charge in [0.2, 0.25) is 5.91 Å². The number of benzene rings is 1. The Balaban J connectivity index is 3.28. The number of methoxy groups -OCH3 is 1. The first kappa shape index (κ1) is 15.7. The molecule has 1 amide bonds. The van der Waals surface area contributed by atoms with Crippen LogP contribution in [-0.2, 0) is 16.0 Å². The highest BCUT2D eigenvalue weighted by Gasteiger charge is 2.23. The zero-order valence-electron chi connectivity index (χ0n) is 12.7. The summed E-state index contributed by atoms with van der Waals surface area (Å²) in [4.78, 5) is 14.2. The van der Waals surface area contributed by atoms with Gasteiger partial charge in [-0.2, -0.15) is 0 Å². The van der Waals surface area contributed by atoms with E-state index in [1.165, 1.54) is 5.56 Å². The Hall–Kier alpha value is -1.35. The summed E-state index contributed by atoms with van der Waals surface area (Å²) in [7, 11) is 1.67. The first-order valence-electron chi connectivity index (χ1n) is 6.96. The van der Waals surface area contributed by atoms with Crippen LogP contribution in [0.4, 0.5) is 5.69 Å². The molecule has 0 aliphatic heterocycles. The van der Waals surface area contributed by atoms with Crippen molar-refractivity contribution in [2.75, 3.05) is 18.6 Å². The first-order chi connectivity index (χ1) is 9.06. The summed E-state index contributed by atoms with van der Waals surface area (Å²) in [5, 5.41) is 0. The van der Waals surface area contributed by atoms with E-state index in [2.05, 4.69) is 26.0 Å². The van der Waals surface area contributed by atoms with Crippen molar-refractivity contribution in [1.29, 1.82) is 0 Å². The van der Waals surface area contributed by atoms with E-state index in [4.69, 9.17) is 4.74 Å². The quantitative estimate of drug-likeness (QED) is 0.788. The van der Waals surface area contributed by atoms with Crippen LogP contribution in [0, 0.1) is 6.92 Å². The highest BCUT2D eigenvalue weighted by atomic mass is 16.5. The number of para-hydroxylation sites is 1. The molecule has 3 heteroatoms. The number of carbonyl (C=O) groups excluding carboxylic acids is 1. The average molecular weight is 263 g/mol. The van der Waals surface area contributed by atoms with Crippen LogP contribution < -0.4 is 4.90 Å². The van der Waals surface area contributed by atoms with Gasteiger partial charge in [0.05, 0.1) is 18.3 Å². The number of hydrogen-bond acceptors (Lipinski definition) is 2. The number of nitrogens with zero attached hydrogens (tertiary/aromatic N) is 1. The molecular formula is C16H25NO2. The van der Waals surface area contributed by atoms with Gasteiger partial charge in [-0.25, -0.2) is 0 Å². The predicted molar refractivity (Wildman–Crippen MR) is 79.7 cm³/mol. The van der Waals surface area contributed by atoms with Crippen molar-refractivity contribution in [1.82, 2.24) is 0 Å². The zero-order chi connectivity index (χ0) is 14.4. The van der Waals surface area contributed by atoms with E-state index in [0.29, 0.717) is 13.0 Å². The molecule has 1 atom stereocenters. The van der Waals surface area contributed by atoms with Gasteiger partial charge in [-0.1, -0.05) is 32.0 Å². The number of amides is 1. The SMILES string of the molecule is CCC(=O)N(c1c(C)cccc1CC)[C@@H](C)COC. The molecule has 0 aliphatic carbocycles. The molecule has 0 bridgehead atoms. The Morgan fingerprint density at radius 2 is 2.05 bits per heavy atom. The molecule has 3 nitrogen and oxygen atoms in total. The Bertz CT molecular complexity index is 429. The summed E-state index contributed by atoms with van der Waals surface area (Å²) < 4.78 is 5.22. The molecule has 19 heavy (non-hydrogen) atoms. The summed E-state index contributed by atoms with van der Waals surface area (Å²) in [5.41, 5.74) is 3.41. The molecule has 1 aromatic carbocycles. The van der Waals surface area contributed by atoms with Crippen molar-refractivity contribution in [3.63, 3.8) is 0 Å².